The Morgan fingerprint density at radius 3 is 2.71 bits per heavy atom. The number of amides is 1. The largest absolute Gasteiger partial charge is 0.391 e. The summed E-state index contributed by atoms with van der Waals surface area (Å²) in [5.74, 6) is 0.0938. The summed E-state index contributed by atoms with van der Waals surface area (Å²) in [4.78, 5) is 14.7. The van der Waals surface area contributed by atoms with E-state index in [0.29, 0.717) is 19.5 Å². The van der Waals surface area contributed by atoms with Crippen molar-refractivity contribution in [2.24, 2.45) is 0 Å². The van der Waals surface area contributed by atoms with E-state index in [1.54, 1.807) is 4.90 Å². The van der Waals surface area contributed by atoms with Crippen molar-refractivity contribution in [3.8, 4) is 0 Å². The standard InChI is InChI=1S/C17H26N2O2/c1-3-15(20)13-19(12-14-8-5-4-6-9-14)16(21)17(2)10-7-11-18-17/h4-6,8-9,15,18,20H,3,7,10-13H2,1-2H3. The smallest absolute Gasteiger partial charge is 0.242 e. The molecule has 2 N–H and O–H groups in total. The lowest BCUT2D eigenvalue weighted by atomic mass is 9.97. The van der Waals surface area contributed by atoms with Crippen LogP contribution in [0.5, 0.6) is 0 Å². The first-order valence-electron chi connectivity index (χ1n) is 7.81. The fourth-order valence-corrected chi connectivity index (χ4v) is 2.83. The van der Waals surface area contributed by atoms with E-state index < -0.39 is 11.6 Å². The van der Waals surface area contributed by atoms with Crippen molar-refractivity contribution in [1.29, 1.82) is 0 Å². The minimum atomic E-state index is -0.484. The normalized spacial score (nSPS) is 23.0. The maximum Gasteiger partial charge on any atom is 0.242 e. The maximum atomic E-state index is 12.9. The van der Waals surface area contributed by atoms with Gasteiger partial charge in [0, 0.05) is 13.1 Å². The molecule has 2 rings (SSSR count). The predicted molar refractivity (Wildman–Crippen MR) is 83.8 cm³/mol. The van der Waals surface area contributed by atoms with Crippen LogP contribution in [0.3, 0.4) is 0 Å². The van der Waals surface area contributed by atoms with Gasteiger partial charge in [-0.1, -0.05) is 37.3 Å². The second-order valence-electron chi connectivity index (χ2n) is 6.10. The van der Waals surface area contributed by atoms with E-state index in [4.69, 9.17) is 0 Å². The Hall–Kier alpha value is -1.39. The molecule has 4 heteroatoms. The highest BCUT2D eigenvalue weighted by atomic mass is 16.3. The second kappa shape index (κ2) is 7.05. The molecule has 2 unspecified atom stereocenters. The minimum absolute atomic E-state index is 0.0938. The number of hydrogen-bond donors (Lipinski definition) is 2. The van der Waals surface area contributed by atoms with E-state index in [1.165, 1.54) is 0 Å². The zero-order valence-corrected chi connectivity index (χ0v) is 13.0. The van der Waals surface area contributed by atoms with Crippen LogP contribution in [0.2, 0.25) is 0 Å². The molecule has 21 heavy (non-hydrogen) atoms. The Balaban J connectivity index is 2.13. The van der Waals surface area contributed by atoms with E-state index in [1.807, 2.05) is 44.2 Å². The molecule has 0 aliphatic carbocycles. The number of benzene rings is 1. The first-order valence-corrected chi connectivity index (χ1v) is 7.81. The van der Waals surface area contributed by atoms with Crippen LogP contribution in [0.25, 0.3) is 0 Å². The molecule has 1 fully saturated rings. The van der Waals surface area contributed by atoms with Crippen molar-refractivity contribution in [1.82, 2.24) is 10.2 Å². The lowest BCUT2D eigenvalue weighted by molar-refractivity contribution is -0.139. The summed E-state index contributed by atoms with van der Waals surface area (Å²) in [6.45, 7) is 5.73. The van der Waals surface area contributed by atoms with Gasteiger partial charge in [0.1, 0.15) is 0 Å². The SMILES string of the molecule is CCC(O)CN(Cc1ccccc1)C(=O)C1(C)CCCN1. The third-order valence-corrected chi connectivity index (χ3v) is 4.25. The highest BCUT2D eigenvalue weighted by Crippen LogP contribution is 2.22. The highest BCUT2D eigenvalue weighted by Gasteiger charge is 2.39. The molecule has 0 bridgehead atoms. The Labute approximate surface area is 127 Å². The number of carbonyl (C=O) groups is 1. The molecule has 0 saturated carbocycles. The number of hydrogen-bond acceptors (Lipinski definition) is 3. The van der Waals surface area contributed by atoms with Gasteiger partial charge in [-0.05, 0) is 38.3 Å². The molecule has 1 saturated heterocycles. The number of nitrogens with one attached hydrogen (secondary N) is 1. The van der Waals surface area contributed by atoms with E-state index in [2.05, 4.69) is 5.32 Å². The number of carbonyl (C=O) groups excluding carboxylic acids is 1. The molecule has 1 aliphatic heterocycles. The summed E-state index contributed by atoms with van der Waals surface area (Å²) in [5.41, 5.74) is 0.609. The molecule has 1 aromatic rings. The molecule has 1 aliphatic rings. The fraction of sp³-hybridized carbons (Fsp3) is 0.588. The van der Waals surface area contributed by atoms with Crippen LogP contribution in [0.1, 0.15) is 38.7 Å². The first kappa shape index (κ1) is 16.0. The number of rotatable bonds is 6. The van der Waals surface area contributed by atoms with E-state index in [9.17, 15) is 9.90 Å². The van der Waals surface area contributed by atoms with Crippen molar-refractivity contribution in [2.75, 3.05) is 13.1 Å². The van der Waals surface area contributed by atoms with Crippen molar-refractivity contribution in [2.45, 2.75) is 51.3 Å². The van der Waals surface area contributed by atoms with Crippen LogP contribution in [-0.4, -0.2) is 40.6 Å². The summed E-state index contributed by atoms with van der Waals surface area (Å²) in [6, 6.07) is 9.95. The summed E-state index contributed by atoms with van der Waals surface area (Å²) in [7, 11) is 0. The van der Waals surface area contributed by atoms with Crippen molar-refractivity contribution >= 4 is 5.91 Å². The quantitative estimate of drug-likeness (QED) is 0.842. The van der Waals surface area contributed by atoms with Crippen LogP contribution in [0.15, 0.2) is 30.3 Å². The van der Waals surface area contributed by atoms with Gasteiger partial charge in [-0.3, -0.25) is 4.79 Å². The fourth-order valence-electron chi connectivity index (χ4n) is 2.83. The number of aliphatic hydroxyl groups excluding tert-OH is 1. The van der Waals surface area contributed by atoms with Crippen molar-refractivity contribution < 1.29 is 9.90 Å². The molecule has 0 spiro atoms. The van der Waals surface area contributed by atoms with E-state index >= 15 is 0 Å². The van der Waals surface area contributed by atoms with Crippen LogP contribution >= 0.6 is 0 Å². The van der Waals surface area contributed by atoms with Gasteiger partial charge in [0.05, 0.1) is 11.6 Å². The summed E-state index contributed by atoms with van der Waals surface area (Å²) in [6.07, 6.45) is 2.07. The first-order chi connectivity index (χ1) is 10.0. The van der Waals surface area contributed by atoms with Crippen molar-refractivity contribution in [3.05, 3.63) is 35.9 Å². The Morgan fingerprint density at radius 1 is 1.43 bits per heavy atom. The van der Waals surface area contributed by atoms with Gasteiger partial charge >= 0.3 is 0 Å². The topological polar surface area (TPSA) is 52.6 Å². The molecular weight excluding hydrogens is 264 g/mol. The zero-order valence-electron chi connectivity index (χ0n) is 13.0. The molecule has 0 radical (unpaired) electrons. The Morgan fingerprint density at radius 2 is 2.14 bits per heavy atom. The summed E-state index contributed by atoms with van der Waals surface area (Å²) in [5, 5.41) is 13.3. The average Bonchev–Trinajstić information content (AvgIpc) is 2.94. The number of aliphatic hydroxyl groups is 1. The van der Waals surface area contributed by atoms with Crippen LogP contribution in [0, 0.1) is 0 Å². The molecule has 4 nitrogen and oxygen atoms in total. The van der Waals surface area contributed by atoms with E-state index in [-0.39, 0.29) is 5.91 Å². The monoisotopic (exact) mass is 290 g/mol. The highest BCUT2D eigenvalue weighted by molar-refractivity contribution is 5.86. The predicted octanol–water partition coefficient (Wildman–Crippen LogP) is 1.93. The number of nitrogens with zero attached hydrogens (tertiary/aromatic N) is 1. The van der Waals surface area contributed by atoms with E-state index in [0.717, 1.165) is 24.9 Å². The van der Waals surface area contributed by atoms with Gasteiger partial charge in [0.25, 0.3) is 0 Å². The lowest BCUT2D eigenvalue weighted by Gasteiger charge is -2.33. The maximum absolute atomic E-state index is 12.9. The van der Waals surface area contributed by atoms with Gasteiger partial charge in [-0.2, -0.15) is 0 Å². The third-order valence-electron chi connectivity index (χ3n) is 4.25. The average molecular weight is 290 g/mol. The van der Waals surface area contributed by atoms with Gasteiger partial charge in [-0.25, -0.2) is 0 Å². The molecule has 2 atom stereocenters. The second-order valence-corrected chi connectivity index (χ2v) is 6.10. The third kappa shape index (κ3) is 4.05. The molecule has 116 valence electrons. The van der Waals surface area contributed by atoms with Gasteiger partial charge in [0.2, 0.25) is 5.91 Å². The van der Waals surface area contributed by atoms with Crippen molar-refractivity contribution in [3.63, 3.8) is 0 Å². The Bertz CT molecular complexity index is 455. The molecule has 1 heterocycles. The molecule has 0 aromatic heterocycles. The Kier molecular flexibility index (Phi) is 5.37. The van der Waals surface area contributed by atoms with Gasteiger partial charge < -0.3 is 15.3 Å². The lowest BCUT2D eigenvalue weighted by Crippen LogP contribution is -2.54. The van der Waals surface area contributed by atoms with Crippen LogP contribution < -0.4 is 5.32 Å². The van der Waals surface area contributed by atoms with Crippen LogP contribution in [0.4, 0.5) is 0 Å². The van der Waals surface area contributed by atoms with Crippen LogP contribution in [-0.2, 0) is 11.3 Å². The molecule has 1 amide bonds. The van der Waals surface area contributed by atoms with Gasteiger partial charge in [0.15, 0.2) is 0 Å². The van der Waals surface area contributed by atoms with Gasteiger partial charge in [-0.15, -0.1) is 0 Å². The molecular formula is C17H26N2O2. The zero-order chi connectivity index (χ0) is 15.3. The molecule has 1 aromatic carbocycles. The summed E-state index contributed by atoms with van der Waals surface area (Å²) < 4.78 is 0. The minimum Gasteiger partial charge on any atom is -0.391 e. The summed E-state index contributed by atoms with van der Waals surface area (Å²) >= 11 is 0.